The molecule has 1 aromatic carbocycles. The van der Waals surface area contributed by atoms with Crippen molar-refractivity contribution in [3.05, 3.63) is 42.0 Å². The molecule has 0 radical (unpaired) electrons. The summed E-state index contributed by atoms with van der Waals surface area (Å²) in [4.78, 5) is 0. The number of rotatable bonds is 4. The molecular weight excluding hydrogens is 175 g/mol. The van der Waals surface area contributed by atoms with E-state index < -0.39 is 0 Å². The second-order valence-corrected chi connectivity index (χ2v) is 3.79. The lowest BCUT2D eigenvalue weighted by atomic mass is 10.1. The van der Waals surface area contributed by atoms with Gasteiger partial charge in [-0.3, -0.25) is 0 Å². The summed E-state index contributed by atoms with van der Waals surface area (Å²) in [6.45, 7) is 2.22. The molecule has 0 aliphatic carbocycles. The maximum Gasteiger partial charge on any atom is -0.0188 e. The van der Waals surface area contributed by atoms with Gasteiger partial charge in [-0.25, -0.2) is 0 Å². The molecule has 0 bridgehead atoms. The van der Waals surface area contributed by atoms with E-state index in [9.17, 15) is 0 Å². The molecule has 0 aromatic heterocycles. The van der Waals surface area contributed by atoms with Crippen LogP contribution in [0.3, 0.4) is 0 Å². The lowest BCUT2D eigenvalue weighted by molar-refractivity contribution is 0.816. The van der Waals surface area contributed by atoms with Gasteiger partial charge in [0.15, 0.2) is 0 Å². The number of hydrogen-bond donors (Lipinski definition) is 0. The molecule has 1 atom stereocenters. The average molecular weight is 192 g/mol. The van der Waals surface area contributed by atoms with Crippen molar-refractivity contribution in [2.75, 3.05) is 0 Å². The Morgan fingerprint density at radius 2 is 2.00 bits per heavy atom. The first-order valence-corrected chi connectivity index (χ1v) is 5.43. The molecule has 13 heavy (non-hydrogen) atoms. The van der Waals surface area contributed by atoms with Crippen LogP contribution in [-0.4, -0.2) is 0 Å². The van der Waals surface area contributed by atoms with Crippen molar-refractivity contribution < 1.29 is 0 Å². The minimum Gasteiger partial charge on any atom is -0.105 e. The molecule has 0 N–H and O–H groups in total. The minimum atomic E-state index is 1.18. The molecule has 0 aliphatic rings. The third-order valence-electron chi connectivity index (χ3n) is 2.03. The Morgan fingerprint density at radius 3 is 2.62 bits per heavy atom. The molecule has 0 nitrogen and oxygen atoms in total. The summed E-state index contributed by atoms with van der Waals surface area (Å²) in [5.41, 5.74) is 1.31. The van der Waals surface area contributed by atoms with E-state index in [0.717, 1.165) is 0 Å². The van der Waals surface area contributed by atoms with Gasteiger partial charge >= 0.3 is 0 Å². The molecule has 0 fully saturated rings. The van der Waals surface area contributed by atoms with Crippen LogP contribution in [0.15, 0.2) is 36.4 Å². The quantitative estimate of drug-likeness (QED) is 0.498. The second-order valence-electron chi connectivity index (χ2n) is 3.17. The highest BCUT2D eigenvalue weighted by atomic mass is 31.0. The first-order valence-electron chi connectivity index (χ1n) is 4.85. The van der Waals surface area contributed by atoms with Crippen LogP contribution in [0.4, 0.5) is 0 Å². The molecule has 0 amide bonds. The fourth-order valence-electron chi connectivity index (χ4n) is 1.21. The van der Waals surface area contributed by atoms with Gasteiger partial charge in [-0.05, 0) is 17.3 Å². The summed E-state index contributed by atoms with van der Waals surface area (Å²) in [7, 11) is 2.80. The smallest absolute Gasteiger partial charge is 0.0188 e. The standard InChI is InChI=1S/C12H17P/c1-2-3-5-10-12(13)11-8-6-4-7-9-11/h4,6-10H,2-3,5,13H2,1H3. The van der Waals surface area contributed by atoms with Crippen molar-refractivity contribution in [3.8, 4) is 0 Å². The Hall–Kier alpha value is -0.610. The van der Waals surface area contributed by atoms with E-state index in [0.29, 0.717) is 0 Å². The second kappa shape index (κ2) is 5.94. The van der Waals surface area contributed by atoms with Gasteiger partial charge in [0.2, 0.25) is 0 Å². The SMILES string of the molecule is CCCCC=C(P)c1ccccc1. The van der Waals surface area contributed by atoms with Crippen molar-refractivity contribution in [1.29, 1.82) is 0 Å². The number of unbranched alkanes of at least 4 members (excludes halogenated alkanes) is 2. The first kappa shape index (κ1) is 10.5. The Balaban J connectivity index is 2.57. The van der Waals surface area contributed by atoms with Crippen molar-refractivity contribution >= 4 is 14.6 Å². The summed E-state index contributed by atoms with van der Waals surface area (Å²) in [6.07, 6.45) is 6.03. The molecule has 0 saturated carbocycles. The average Bonchev–Trinajstić information content (AvgIpc) is 2.19. The van der Waals surface area contributed by atoms with Crippen LogP contribution in [-0.2, 0) is 0 Å². The molecule has 0 spiro atoms. The van der Waals surface area contributed by atoms with Gasteiger partial charge in [0.1, 0.15) is 0 Å². The van der Waals surface area contributed by atoms with E-state index >= 15 is 0 Å². The van der Waals surface area contributed by atoms with E-state index in [1.165, 1.54) is 30.1 Å². The molecule has 1 unspecified atom stereocenters. The van der Waals surface area contributed by atoms with Crippen LogP contribution in [0.25, 0.3) is 5.31 Å². The van der Waals surface area contributed by atoms with Crippen molar-refractivity contribution in [2.24, 2.45) is 0 Å². The predicted molar refractivity (Wildman–Crippen MR) is 63.7 cm³/mol. The molecule has 0 saturated heterocycles. The third-order valence-corrected chi connectivity index (χ3v) is 2.60. The lowest BCUT2D eigenvalue weighted by Crippen LogP contribution is -1.75. The monoisotopic (exact) mass is 192 g/mol. The van der Waals surface area contributed by atoms with Crippen molar-refractivity contribution in [1.82, 2.24) is 0 Å². The van der Waals surface area contributed by atoms with Crippen LogP contribution in [0.5, 0.6) is 0 Å². The van der Waals surface area contributed by atoms with Crippen molar-refractivity contribution in [3.63, 3.8) is 0 Å². The van der Waals surface area contributed by atoms with Crippen LogP contribution in [0, 0.1) is 0 Å². The van der Waals surface area contributed by atoms with Gasteiger partial charge in [-0.15, -0.1) is 9.24 Å². The van der Waals surface area contributed by atoms with Gasteiger partial charge in [0, 0.05) is 0 Å². The van der Waals surface area contributed by atoms with Crippen LogP contribution < -0.4 is 0 Å². The zero-order valence-electron chi connectivity index (χ0n) is 8.16. The van der Waals surface area contributed by atoms with E-state index in [1.807, 2.05) is 6.07 Å². The van der Waals surface area contributed by atoms with Gasteiger partial charge in [-0.2, -0.15) is 0 Å². The molecular formula is C12H17P. The fourth-order valence-corrected chi connectivity index (χ4v) is 1.57. The van der Waals surface area contributed by atoms with E-state index in [1.54, 1.807) is 0 Å². The fraction of sp³-hybridized carbons (Fsp3) is 0.333. The predicted octanol–water partition coefficient (Wildman–Crippen LogP) is 4.09. The molecule has 1 aromatic rings. The topological polar surface area (TPSA) is 0 Å². The zero-order chi connectivity index (χ0) is 9.52. The molecule has 0 heterocycles. The van der Waals surface area contributed by atoms with Gasteiger partial charge < -0.3 is 0 Å². The Labute approximate surface area is 83.3 Å². The summed E-state index contributed by atoms with van der Waals surface area (Å²) < 4.78 is 0. The van der Waals surface area contributed by atoms with Gasteiger partial charge in [0.25, 0.3) is 0 Å². The van der Waals surface area contributed by atoms with Gasteiger partial charge in [0.05, 0.1) is 0 Å². The molecule has 1 rings (SSSR count). The zero-order valence-corrected chi connectivity index (χ0v) is 9.32. The summed E-state index contributed by atoms with van der Waals surface area (Å²) >= 11 is 0. The highest BCUT2D eigenvalue weighted by molar-refractivity contribution is 7.31. The van der Waals surface area contributed by atoms with Crippen LogP contribution >= 0.6 is 9.24 Å². The Morgan fingerprint density at radius 1 is 1.31 bits per heavy atom. The minimum absolute atomic E-state index is 1.18. The molecule has 1 heteroatoms. The first-order chi connectivity index (χ1) is 6.34. The Bertz CT molecular complexity index is 262. The largest absolute Gasteiger partial charge is 0.105 e. The summed E-state index contributed by atoms with van der Waals surface area (Å²) in [5.74, 6) is 0. The van der Waals surface area contributed by atoms with E-state index in [-0.39, 0.29) is 0 Å². The van der Waals surface area contributed by atoms with E-state index in [2.05, 4.69) is 46.5 Å². The molecule has 70 valence electrons. The van der Waals surface area contributed by atoms with Gasteiger partial charge in [-0.1, -0.05) is 56.2 Å². The van der Waals surface area contributed by atoms with Crippen molar-refractivity contribution in [2.45, 2.75) is 26.2 Å². The molecule has 0 aliphatic heterocycles. The lowest BCUT2D eigenvalue weighted by Gasteiger charge is -2.00. The Kier molecular flexibility index (Phi) is 4.78. The number of allylic oxidation sites excluding steroid dienone is 1. The van der Waals surface area contributed by atoms with Crippen LogP contribution in [0.2, 0.25) is 0 Å². The number of hydrogen-bond acceptors (Lipinski definition) is 0. The highest BCUT2D eigenvalue weighted by Gasteiger charge is 1.92. The summed E-state index contributed by atoms with van der Waals surface area (Å²) in [5, 5.41) is 1.31. The highest BCUT2D eigenvalue weighted by Crippen LogP contribution is 2.21. The van der Waals surface area contributed by atoms with Crippen LogP contribution in [0.1, 0.15) is 31.7 Å². The summed E-state index contributed by atoms with van der Waals surface area (Å²) in [6, 6.07) is 10.5. The number of benzene rings is 1. The normalized spacial score (nSPS) is 11.7. The third kappa shape index (κ3) is 3.74. The maximum atomic E-state index is 2.80. The maximum absolute atomic E-state index is 2.80. The van der Waals surface area contributed by atoms with E-state index in [4.69, 9.17) is 0 Å².